The van der Waals surface area contributed by atoms with Crippen molar-refractivity contribution in [3.05, 3.63) is 71.5 Å². The van der Waals surface area contributed by atoms with Crippen molar-refractivity contribution in [1.29, 1.82) is 0 Å². The number of carbonyl (C=O) groups is 1. The Balaban J connectivity index is 1.84. The summed E-state index contributed by atoms with van der Waals surface area (Å²) in [5, 5.41) is 3.76. The Labute approximate surface area is 161 Å². The Kier molecular flexibility index (Phi) is 5.19. The highest BCUT2D eigenvalue weighted by Gasteiger charge is 2.23. The van der Waals surface area contributed by atoms with E-state index in [9.17, 15) is 17.6 Å². The molecule has 2 aromatic carbocycles. The Morgan fingerprint density at radius 2 is 1.71 bits per heavy atom. The summed E-state index contributed by atoms with van der Waals surface area (Å²) in [4.78, 5) is 12.1. The first-order chi connectivity index (χ1) is 13.2. The van der Waals surface area contributed by atoms with Gasteiger partial charge in [0.25, 0.3) is 10.0 Å². The molecule has 0 spiro atoms. The molecule has 28 heavy (non-hydrogen) atoms. The molecule has 0 aliphatic rings. The van der Waals surface area contributed by atoms with Crippen LogP contribution in [-0.2, 0) is 10.0 Å². The van der Waals surface area contributed by atoms with Crippen LogP contribution < -0.4 is 10.5 Å². The molecule has 3 rings (SSSR count). The number of nitrogen functional groups attached to an aromatic ring is 1. The van der Waals surface area contributed by atoms with E-state index in [1.165, 1.54) is 0 Å². The van der Waals surface area contributed by atoms with Gasteiger partial charge in [-0.05, 0) is 47.9 Å². The molecule has 0 bridgehead atoms. The first-order valence-corrected chi connectivity index (χ1v) is 9.81. The van der Waals surface area contributed by atoms with Gasteiger partial charge in [-0.3, -0.25) is 0 Å². The Morgan fingerprint density at radius 3 is 2.29 bits per heavy atom. The number of nitrogens with zero attached hydrogens (tertiary/aromatic N) is 2. The Bertz CT molecular complexity index is 1110. The molecule has 0 radical (unpaired) electrons. The summed E-state index contributed by atoms with van der Waals surface area (Å²) in [6.07, 6.45) is 0. The highest BCUT2D eigenvalue weighted by atomic mass is 32.2. The van der Waals surface area contributed by atoms with Crippen molar-refractivity contribution in [3.8, 4) is 5.88 Å². The van der Waals surface area contributed by atoms with Gasteiger partial charge in [0.1, 0.15) is 11.6 Å². The van der Waals surface area contributed by atoms with Gasteiger partial charge in [-0.2, -0.15) is 8.42 Å². The number of ether oxygens (including phenoxy) is 1. The number of nitrogens with two attached hydrogens (primary N) is 1. The molecular formula is C19H18FN3O4S. The molecule has 0 saturated carbocycles. The lowest BCUT2D eigenvalue weighted by Crippen LogP contribution is -2.17. The normalized spacial score (nSPS) is 11.6. The molecule has 0 saturated heterocycles. The number of hydrogen-bond acceptors (Lipinski definition) is 6. The molecule has 9 heteroatoms. The lowest BCUT2D eigenvalue weighted by Gasteiger charge is -2.06. The second-order valence-corrected chi connectivity index (χ2v) is 8.14. The van der Waals surface area contributed by atoms with E-state index in [-0.39, 0.29) is 16.6 Å². The van der Waals surface area contributed by atoms with Crippen molar-refractivity contribution in [1.82, 2.24) is 9.19 Å². The molecule has 1 heterocycles. The Morgan fingerprint density at radius 1 is 1.11 bits per heavy atom. The summed E-state index contributed by atoms with van der Waals surface area (Å²) < 4.78 is 43.9. The predicted molar refractivity (Wildman–Crippen MR) is 101 cm³/mol. The zero-order chi connectivity index (χ0) is 20.5. The van der Waals surface area contributed by atoms with Crippen molar-refractivity contribution >= 4 is 21.8 Å². The van der Waals surface area contributed by atoms with E-state index >= 15 is 0 Å². The summed E-state index contributed by atoms with van der Waals surface area (Å²) in [5.41, 5.74) is 7.07. The third-order valence-corrected chi connectivity index (χ3v) is 5.65. The molecule has 0 amide bonds. The van der Waals surface area contributed by atoms with Gasteiger partial charge in [-0.15, -0.1) is 9.19 Å². The van der Waals surface area contributed by atoms with Gasteiger partial charge < -0.3 is 10.5 Å². The third-order valence-electron chi connectivity index (χ3n) is 4.03. The zero-order valence-corrected chi connectivity index (χ0v) is 16.0. The average molecular weight is 403 g/mol. The number of esters is 1. The van der Waals surface area contributed by atoms with E-state index in [4.69, 9.17) is 10.5 Å². The lowest BCUT2D eigenvalue weighted by atomic mass is 10.0. The summed E-state index contributed by atoms with van der Waals surface area (Å²) in [5.74, 6) is -1.47. The number of benzene rings is 2. The second-order valence-electron chi connectivity index (χ2n) is 6.38. The number of anilines is 1. The second kappa shape index (κ2) is 7.43. The van der Waals surface area contributed by atoms with Crippen LogP contribution >= 0.6 is 0 Å². The largest absolute Gasteiger partial charge is 0.402 e. The van der Waals surface area contributed by atoms with Crippen LogP contribution in [-0.4, -0.2) is 23.6 Å². The van der Waals surface area contributed by atoms with Crippen molar-refractivity contribution in [2.45, 2.75) is 24.7 Å². The van der Waals surface area contributed by atoms with E-state index in [0.29, 0.717) is 15.6 Å². The molecule has 1 aromatic heterocycles. The minimum atomic E-state index is -4.16. The molecule has 0 aliphatic heterocycles. The minimum absolute atomic E-state index is 0.203. The van der Waals surface area contributed by atoms with Crippen LogP contribution in [0, 0.1) is 5.82 Å². The number of hydrogen-bond donors (Lipinski definition) is 1. The fourth-order valence-electron chi connectivity index (χ4n) is 2.46. The summed E-state index contributed by atoms with van der Waals surface area (Å²) in [6.45, 7) is 4.06. The average Bonchev–Trinajstić information content (AvgIpc) is 3.03. The monoisotopic (exact) mass is 403 g/mol. The molecule has 7 nitrogen and oxygen atoms in total. The highest BCUT2D eigenvalue weighted by Crippen LogP contribution is 2.22. The van der Waals surface area contributed by atoms with Crippen molar-refractivity contribution in [3.63, 3.8) is 0 Å². The smallest absolute Gasteiger partial charge is 0.344 e. The quantitative estimate of drug-likeness (QED) is 0.656. The summed E-state index contributed by atoms with van der Waals surface area (Å²) in [7, 11) is -4.16. The molecule has 0 unspecified atom stereocenters. The van der Waals surface area contributed by atoms with Crippen molar-refractivity contribution < 1.29 is 22.3 Å². The van der Waals surface area contributed by atoms with Gasteiger partial charge in [-0.25, -0.2) is 9.18 Å². The van der Waals surface area contributed by atoms with Gasteiger partial charge in [0, 0.05) is 6.07 Å². The van der Waals surface area contributed by atoms with Gasteiger partial charge in [0.15, 0.2) is 0 Å². The first kappa shape index (κ1) is 19.6. The molecule has 146 valence electrons. The van der Waals surface area contributed by atoms with Crippen LogP contribution in [0.25, 0.3) is 0 Å². The summed E-state index contributed by atoms with van der Waals surface area (Å²) >= 11 is 0. The number of carbonyl (C=O) groups excluding carboxylic acids is 1. The summed E-state index contributed by atoms with van der Waals surface area (Å²) in [6, 6.07) is 12.2. The molecule has 0 atom stereocenters. The first-order valence-electron chi connectivity index (χ1n) is 8.37. The van der Waals surface area contributed by atoms with Crippen LogP contribution in [0.4, 0.5) is 10.2 Å². The van der Waals surface area contributed by atoms with E-state index in [0.717, 1.165) is 35.9 Å². The third kappa shape index (κ3) is 3.89. The van der Waals surface area contributed by atoms with Crippen LogP contribution in [0.5, 0.6) is 5.88 Å². The van der Waals surface area contributed by atoms with Crippen molar-refractivity contribution in [2.24, 2.45) is 0 Å². The van der Waals surface area contributed by atoms with Crippen LogP contribution in [0.2, 0.25) is 0 Å². The fraction of sp³-hybridized carbons (Fsp3) is 0.158. The Hall–Kier alpha value is -3.20. The zero-order valence-electron chi connectivity index (χ0n) is 15.2. The molecule has 0 fully saturated rings. The van der Waals surface area contributed by atoms with Gasteiger partial charge in [0.05, 0.1) is 10.5 Å². The fourth-order valence-corrected chi connectivity index (χ4v) is 3.66. The van der Waals surface area contributed by atoms with Gasteiger partial charge >= 0.3 is 5.97 Å². The molecule has 3 aromatic rings. The van der Waals surface area contributed by atoms with E-state index in [1.807, 2.05) is 26.0 Å². The van der Waals surface area contributed by atoms with E-state index in [1.54, 1.807) is 12.1 Å². The SMILES string of the molecule is CC(C)c1ccc(C(=O)Oc2cc(N)n(S(=O)(=O)c3ccc(F)cc3)n2)cc1. The number of rotatable bonds is 5. The van der Waals surface area contributed by atoms with Crippen LogP contribution in [0.3, 0.4) is 0 Å². The number of halogens is 1. The minimum Gasteiger partial charge on any atom is -0.402 e. The highest BCUT2D eigenvalue weighted by molar-refractivity contribution is 7.90. The van der Waals surface area contributed by atoms with Crippen LogP contribution in [0.1, 0.15) is 35.7 Å². The van der Waals surface area contributed by atoms with E-state index < -0.39 is 21.8 Å². The molecule has 0 aliphatic carbocycles. The van der Waals surface area contributed by atoms with E-state index in [2.05, 4.69) is 5.10 Å². The maximum atomic E-state index is 13.0. The predicted octanol–water partition coefficient (Wildman–Crippen LogP) is 3.18. The number of aromatic nitrogens is 2. The molecule has 2 N–H and O–H groups in total. The molecular weight excluding hydrogens is 385 g/mol. The van der Waals surface area contributed by atoms with Crippen molar-refractivity contribution in [2.75, 3.05) is 5.73 Å². The maximum absolute atomic E-state index is 13.0. The lowest BCUT2D eigenvalue weighted by molar-refractivity contribution is 0.0727. The standard InChI is InChI=1S/C19H18FN3O4S/c1-12(2)13-3-5-14(6-4-13)19(24)27-18-11-17(21)23(22-18)28(25,26)16-9-7-15(20)8-10-16/h3-12H,21H2,1-2H3. The van der Waals surface area contributed by atoms with Gasteiger partial charge in [0.2, 0.25) is 5.88 Å². The maximum Gasteiger partial charge on any atom is 0.344 e. The van der Waals surface area contributed by atoms with Crippen LogP contribution in [0.15, 0.2) is 59.5 Å². The topological polar surface area (TPSA) is 104 Å². The van der Waals surface area contributed by atoms with Gasteiger partial charge in [-0.1, -0.05) is 26.0 Å².